The Morgan fingerprint density at radius 3 is 2.10 bits per heavy atom. The molecule has 2 aromatic carbocycles. The first kappa shape index (κ1) is 23.2. The topological polar surface area (TPSA) is 113 Å². The molecular formula is C21H27N3O5S2. The fourth-order valence-electron chi connectivity index (χ4n) is 3.47. The number of piperidine rings is 1. The van der Waals surface area contributed by atoms with Crippen molar-refractivity contribution in [3.63, 3.8) is 0 Å². The Morgan fingerprint density at radius 2 is 1.52 bits per heavy atom. The van der Waals surface area contributed by atoms with E-state index in [9.17, 15) is 21.6 Å². The molecule has 1 saturated heterocycles. The molecule has 1 aliphatic heterocycles. The summed E-state index contributed by atoms with van der Waals surface area (Å²) in [6, 6.07) is 14.7. The van der Waals surface area contributed by atoms with Crippen LogP contribution in [0.2, 0.25) is 0 Å². The summed E-state index contributed by atoms with van der Waals surface area (Å²) in [5, 5.41) is 2.83. The number of carbonyl (C=O) groups excluding carboxylic acids is 1. The number of nitrogens with one attached hydrogen (secondary N) is 2. The molecule has 0 bridgehead atoms. The van der Waals surface area contributed by atoms with Crippen LogP contribution >= 0.6 is 0 Å². The van der Waals surface area contributed by atoms with Gasteiger partial charge in [0.15, 0.2) is 0 Å². The SMILES string of the molecule is CCCS(=O)(=O)Nc1ccc(NC(=O)C2CCN(S(=O)(=O)c3ccccc3)CC2)cc1. The van der Waals surface area contributed by atoms with Gasteiger partial charge in [0.05, 0.1) is 10.6 Å². The Kier molecular flexibility index (Phi) is 7.34. The maximum Gasteiger partial charge on any atom is 0.243 e. The minimum absolute atomic E-state index is 0.0458. The molecule has 0 atom stereocenters. The Morgan fingerprint density at radius 1 is 0.935 bits per heavy atom. The number of rotatable bonds is 8. The average Bonchev–Trinajstić information content (AvgIpc) is 2.75. The van der Waals surface area contributed by atoms with Crippen molar-refractivity contribution < 1.29 is 21.6 Å². The quantitative estimate of drug-likeness (QED) is 0.622. The van der Waals surface area contributed by atoms with Gasteiger partial charge >= 0.3 is 0 Å². The van der Waals surface area contributed by atoms with Crippen LogP contribution in [-0.2, 0) is 24.8 Å². The predicted molar refractivity (Wildman–Crippen MR) is 121 cm³/mol. The molecule has 168 valence electrons. The number of carbonyl (C=O) groups is 1. The van der Waals surface area contributed by atoms with E-state index in [-0.39, 0.29) is 35.6 Å². The van der Waals surface area contributed by atoms with Gasteiger partial charge in [0.1, 0.15) is 0 Å². The lowest BCUT2D eigenvalue weighted by Gasteiger charge is -2.30. The van der Waals surface area contributed by atoms with E-state index >= 15 is 0 Å². The summed E-state index contributed by atoms with van der Waals surface area (Å²) in [5.41, 5.74) is 0.994. The average molecular weight is 466 g/mol. The zero-order chi connectivity index (χ0) is 22.5. The number of benzene rings is 2. The first-order valence-corrected chi connectivity index (χ1v) is 13.3. The molecule has 0 saturated carbocycles. The monoisotopic (exact) mass is 465 g/mol. The molecule has 0 radical (unpaired) electrons. The predicted octanol–water partition coefficient (Wildman–Crippen LogP) is 2.88. The third-order valence-corrected chi connectivity index (χ3v) is 8.51. The maximum atomic E-state index is 12.7. The summed E-state index contributed by atoms with van der Waals surface area (Å²) in [7, 11) is -6.91. The highest BCUT2D eigenvalue weighted by Crippen LogP contribution is 2.25. The van der Waals surface area contributed by atoms with Gasteiger partial charge in [-0.1, -0.05) is 25.1 Å². The molecule has 1 aliphatic rings. The van der Waals surface area contributed by atoms with Gasteiger partial charge in [0, 0.05) is 30.4 Å². The summed E-state index contributed by atoms with van der Waals surface area (Å²) in [6.45, 7) is 2.36. The molecule has 31 heavy (non-hydrogen) atoms. The molecule has 0 spiro atoms. The van der Waals surface area contributed by atoms with Gasteiger partial charge in [-0.3, -0.25) is 9.52 Å². The van der Waals surface area contributed by atoms with Crippen LogP contribution in [0.4, 0.5) is 11.4 Å². The van der Waals surface area contributed by atoms with Crippen molar-refractivity contribution in [3.05, 3.63) is 54.6 Å². The Hall–Kier alpha value is -2.43. The lowest BCUT2D eigenvalue weighted by Crippen LogP contribution is -2.41. The van der Waals surface area contributed by atoms with Crippen LogP contribution in [0, 0.1) is 5.92 Å². The minimum Gasteiger partial charge on any atom is -0.326 e. The first-order chi connectivity index (χ1) is 14.7. The van der Waals surface area contributed by atoms with E-state index in [0.29, 0.717) is 30.6 Å². The highest BCUT2D eigenvalue weighted by atomic mass is 32.2. The van der Waals surface area contributed by atoms with E-state index in [1.165, 1.54) is 4.31 Å². The number of nitrogens with zero attached hydrogens (tertiary/aromatic N) is 1. The second-order valence-electron chi connectivity index (χ2n) is 7.48. The Bertz CT molecular complexity index is 1090. The lowest BCUT2D eigenvalue weighted by atomic mass is 9.97. The van der Waals surface area contributed by atoms with Gasteiger partial charge in [-0.2, -0.15) is 4.31 Å². The molecule has 10 heteroatoms. The van der Waals surface area contributed by atoms with E-state index in [0.717, 1.165) is 0 Å². The van der Waals surface area contributed by atoms with Crippen molar-refractivity contribution in [2.45, 2.75) is 31.1 Å². The smallest absolute Gasteiger partial charge is 0.243 e. The summed E-state index contributed by atoms with van der Waals surface area (Å²) in [4.78, 5) is 12.9. The number of sulfonamides is 2. The molecule has 0 aromatic heterocycles. The summed E-state index contributed by atoms with van der Waals surface area (Å²) >= 11 is 0. The highest BCUT2D eigenvalue weighted by molar-refractivity contribution is 7.92. The first-order valence-electron chi connectivity index (χ1n) is 10.2. The summed E-state index contributed by atoms with van der Waals surface area (Å²) in [6.07, 6.45) is 1.40. The van der Waals surface area contributed by atoms with Crippen molar-refractivity contribution in [1.29, 1.82) is 0 Å². The Balaban J connectivity index is 1.54. The standard InChI is InChI=1S/C21H27N3O5S2/c1-2-16-30(26,27)23-19-10-8-18(9-11-19)22-21(25)17-12-14-24(15-13-17)31(28,29)20-6-4-3-5-7-20/h3-11,17,23H,2,12-16H2,1H3,(H,22,25). The third-order valence-electron chi connectivity index (χ3n) is 5.10. The van der Waals surface area contributed by atoms with Crippen LogP contribution in [-0.4, -0.2) is 45.9 Å². The van der Waals surface area contributed by atoms with Crippen molar-refractivity contribution in [2.75, 3.05) is 28.9 Å². The number of hydrogen-bond acceptors (Lipinski definition) is 5. The molecule has 0 unspecified atom stereocenters. The van der Waals surface area contributed by atoms with E-state index in [2.05, 4.69) is 10.0 Å². The largest absolute Gasteiger partial charge is 0.326 e. The zero-order valence-corrected chi connectivity index (χ0v) is 19.0. The fourth-order valence-corrected chi connectivity index (χ4v) is 6.09. The molecule has 1 heterocycles. The van der Waals surface area contributed by atoms with Gasteiger partial charge in [0.25, 0.3) is 0 Å². The van der Waals surface area contributed by atoms with Crippen molar-refractivity contribution in [3.8, 4) is 0 Å². The molecule has 3 rings (SSSR count). The fraction of sp³-hybridized carbons (Fsp3) is 0.381. The van der Waals surface area contributed by atoms with Crippen molar-refractivity contribution in [1.82, 2.24) is 4.31 Å². The number of anilines is 2. The molecule has 1 amide bonds. The summed E-state index contributed by atoms with van der Waals surface area (Å²) < 4.78 is 53.0. The number of hydrogen-bond donors (Lipinski definition) is 2. The molecule has 0 aliphatic carbocycles. The van der Waals surface area contributed by atoms with Gasteiger partial charge in [0.2, 0.25) is 26.0 Å². The van der Waals surface area contributed by atoms with Crippen molar-refractivity contribution in [2.24, 2.45) is 5.92 Å². The second kappa shape index (κ2) is 9.80. The minimum atomic E-state index is -3.55. The van der Waals surface area contributed by atoms with Crippen LogP contribution in [0.25, 0.3) is 0 Å². The molecule has 1 fully saturated rings. The van der Waals surface area contributed by atoms with E-state index in [1.807, 2.05) is 0 Å². The van der Waals surface area contributed by atoms with Crippen LogP contribution in [0.3, 0.4) is 0 Å². The van der Waals surface area contributed by atoms with Gasteiger partial charge in [-0.05, 0) is 55.7 Å². The van der Waals surface area contributed by atoms with E-state index < -0.39 is 20.0 Å². The zero-order valence-electron chi connectivity index (χ0n) is 17.3. The van der Waals surface area contributed by atoms with Gasteiger partial charge in [-0.15, -0.1) is 0 Å². The van der Waals surface area contributed by atoms with E-state index in [1.54, 1.807) is 61.5 Å². The molecule has 2 N–H and O–H groups in total. The second-order valence-corrected chi connectivity index (χ2v) is 11.3. The van der Waals surface area contributed by atoms with Gasteiger partial charge < -0.3 is 5.32 Å². The molecular weight excluding hydrogens is 438 g/mol. The normalized spacial score (nSPS) is 16.0. The Labute approximate surface area is 183 Å². The molecule has 2 aromatic rings. The van der Waals surface area contributed by atoms with Crippen molar-refractivity contribution >= 4 is 37.3 Å². The number of amides is 1. The van der Waals surface area contributed by atoms with Crippen LogP contribution in [0.5, 0.6) is 0 Å². The lowest BCUT2D eigenvalue weighted by molar-refractivity contribution is -0.120. The molecule has 8 nitrogen and oxygen atoms in total. The van der Waals surface area contributed by atoms with Crippen LogP contribution < -0.4 is 10.0 Å². The van der Waals surface area contributed by atoms with Gasteiger partial charge in [-0.25, -0.2) is 16.8 Å². The summed E-state index contributed by atoms with van der Waals surface area (Å²) in [5.74, 6) is -0.412. The van der Waals surface area contributed by atoms with Crippen LogP contribution in [0.1, 0.15) is 26.2 Å². The maximum absolute atomic E-state index is 12.7. The van der Waals surface area contributed by atoms with E-state index in [4.69, 9.17) is 0 Å². The highest BCUT2D eigenvalue weighted by Gasteiger charge is 2.32. The van der Waals surface area contributed by atoms with Crippen LogP contribution in [0.15, 0.2) is 59.5 Å². The third kappa shape index (κ3) is 6.05.